The summed E-state index contributed by atoms with van der Waals surface area (Å²) in [5.41, 5.74) is 5.46. The third-order valence-corrected chi connectivity index (χ3v) is 2.41. The van der Waals surface area contributed by atoms with Crippen molar-refractivity contribution in [2.45, 2.75) is 39.3 Å². The van der Waals surface area contributed by atoms with Crippen LogP contribution in [-0.2, 0) is 4.79 Å². The molecule has 0 radical (unpaired) electrons. The highest BCUT2D eigenvalue weighted by atomic mass is 16.2. The Labute approximate surface area is 86.8 Å². The fourth-order valence-corrected chi connectivity index (χ4v) is 1.53. The Morgan fingerprint density at radius 2 is 2.00 bits per heavy atom. The van der Waals surface area contributed by atoms with Gasteiger partial charge in [0.1, 0.15) is 0 Å². The molecule has 1 unspecified atom stereocenters. The van der Waals surface area contributed by atoms with Crippen LogP contribution in [0.25, 0.3) is 0 Å². The lowest BCUT2D eigenvalue weighted by molar-refractivity contribution is -0.126. The highest BCUT2D eigenvalue weighted by Gasteiger charge is 2.21. The quantitative estimate of drug-likeness (QED) is 0.644. The number of hydrogen-bond acceptors (Lipinski definition) is 3. The van der Waals surface area contributed by atoms with E-state index in [9.17, 15) is 4.79 Å². The minimum Gasteiger partial charge on any atom is -0.358 e. The van der Waals surface area contributed by atoms with E-state index in [1.165, 1.54) is 0 Å². The first-order chi connectivity index (χ1) is 6.54. The molecule has 0 heterocycles. The average Bonchev–Trinajstić information content (AvgIpc) is 2.16. The summed E-state index contributed by atoms with van der Waals surface area (Å²) in [6.45, 7) is 7.66. The maximum Gasteiger partial charge on any atom is 0.236 e. The van der Waals surface area contributed by atoms with Crippen molar-refractivity contribution in [3.63, 3.8) is 0 Å². The molecule has 0 saturated heterocycles. The number of carbonyl (C=O) groups excluding carboxylic acids is 1. The fraction of sp³-hybridized carbons (Fsp3) is 0.900. The Morgan fingerprint density at radius 3 is 2.36 bits per heavy atom. The Kier molecular flexibility index (Phi) is 6.49. The van der Waals surface area contributed by atoms with Crippen LogP contribution in [0.5, 0.6) is 0 Å². The SMILES string of the molecule is CNC(=O)C(C)N(CCCN)C(C)C. The van der Waals surface area contributed by atoms with E-state index in [4.69, 9.17) is 5.73 Å². The number of rotatable bonds is 6. The number of nitrogens with zero attached hydrogens (tertiary/aromatic N) is 1. The Hall–Kier alpha value is -0.610. The van der Waals surface area contributed by atoms with Gasteiger partial charge in [-0.25, -0.2) is 0 Å². The molecule has 0 aliphatic heterocycles. The molecule has 1 amide bonds. The van der Waals surface area contributed by atoms with Crippen LogP contribution in [0.1, 0.15) is 27.2 Å². The summed E-state index contributed by atoms with van der Waals surface area (Å²) in [7, 11) is 1.67. The summed E-state index contributed by atoms with van der Waals surface area (Å²) in [5, 5.41) is 2.66. The van der Waals surface area contributed by atoms with E-state index < -0.39 is 0 Å². The molecular formula is C10H23N3O. The Balaban J connectivity index is 4.25. The van der Waals surface area contributed by atoms with E-state index in [-0.39, 0.29) is 11.9 Å². The number of amides is 1. The lowest BCUT2D eigenvalue weighted by Gasteiger charge is -2.31. The summed E-state index contributed by atoms with van der Waals surface area (Å²) in [5.74, 6) is 0.0655. The number of hydrogen-bond donors (Lipinski definition) is 2. The van der Waals surface area contributed by atoms with Crippen molar-refractivity contribution in [1.82, 2.24) is 10.2 Å². The molecule has 3 N–H and O–H groups in total. The first-order valence-corrected chi connectivity index (χ1v) is 5.22. The van der Waals surface area contributed by atoms with Gasteiger partial charge in [-0.2, -0.15) is 0 Å². The van der Waals surface area contributed by atoms with E-state index in [1.54, 1.807) is 7.05 Å². The second-order valence-corrected chi connectivity index (χ2v) is 3.76. The molecule has 0 saturated carbocycles. The number of nitrogens with two attached hydrogens (primary N) is 1. The zero-order valence-electron chi connectivity index (χ0n) is 9.71. The molecule has 0 bridgehead atoms. The molecule has 0 aliphatic carbocycles. The zero-order valence-corrected chi connectivity index (χ0v) is 9.71. The van der Waals surface area contributed by atoms with E-state index in [2.05, 4.69) is 24.1 Å². The highest BCUT2D eigenvalue weighted by molar-refractivity contribution is 5.80. The van der Waals surface area contributed by atoms with Crippen molar-refractivity contribution >= 4 is 5.91 Å². The van der Waals surface area contributed by atoms with Crippen molar-refractivity contribution in [2.75, 3.05) is 20.1 Å². The van der Waals surface area contributed by atoms with Crippen LogP contribution in [0.15, 0.2) is 0 Å². The maximum atomic E-state index is 11.4. The van der Waals surface area contributed by atoms with E-state index in [0.29, 0.717) is 12.6 Å². The van der Waals surface area contributed by atoms with Gasteiger partial charge >= 0.3 is 0 Å². The van der Waals surface area contributed by atoms with Gasteiger partial charge in [-0.15, -0.1) is 0 Å². The van der Waals surface area contributed by atoms with Crippen molar-refractivity contribution in [1.29, 1.82) is 0 Å². The third-order valence-electron chi connectivity index (χ3n) is 2.41. The van der Waals surface area contributed by atoms with Gasteiger partial charge in [-0.1, -0.05) is 0 Å². The van der Waals surface area contributed by atoms with Gasteiger partial charge in [-0.05, 0) is 33.7 Å². The molecule has 84 valence electrons. The third kappa shape index (κ3) is 4.07. The summed E-state index contributed by atoms with van der Waals surface area (Å²) in [6.07, 6.45) is 0.930. The predicted molar refractivity (Wildman–Crippen MR) is 59.0 cm³/mol. The van der Waals surface area contributed by atoms with Gasteiger partial charge in [0, 0.05) is 19.6 Å². The predicted octanol–water partition coefficient (Wildman–Crippen LogP) is 0.180. The zero-order chi connectivity index (χ0) is 11.1. The molecule has 0 aromatic carbocycles. The lowest BCUT2D eigenvalue weighted by Crippen LogP contribution is -2.48. The van der Waals surface area contributed by atoms with Crippen LogP contribution >= 0.6 is 0 Å². The first kappa shape index (κ1) is 13.4. The highest BCUT2D eigenvalue weighted by Crippen LogP contribution is 2.06. The number of nitrogens with one attached hydrogen (secondary N) is 1. The van der Waals surface area contributed by atoms with Crippen LogP contribution < -0.4 is 11.1 Å². The van der Waals surface area contributed by atoms with Gasteiger partial charge in [0.25, 0.3) is 0 Å². The summed E-state index contributed by atoms with van der Waals surface area (Å²) in [6, 6.07) is 0.292. The maximum absolute atomic E-state index is 11.4. The summed E-state index contributed by atoms with van der Waals surface area (Å²) >= 11 is 0. The van der Waals surface area contributed by atoms with Crippen LogP contribution in [-0.4, -0.2) is 43.0 Å². The average molecular weight is 201 g/mol. The lowest BCUT2D eigenvalue weighted by atomic mass is 10.2. The molecule has 0 aromatic heterocycles. The second kappa shape index (κ2) is 6.79. The molecule has 1 atom stereocenters. The molecule has 0 fully saturated rings. The molecule has 4 heteroatoms. The number of likely N-dealkylation sites (N-methyl/N-ethyl adjacent to an activating group) is 1. The monoisotopic (exact) mass is 201 g/mol. The molecule has 0 rings (SSSR count). The fourth-order valence-electron chi connectivity index (χ4n) is 1.53. The molecule has 0 aliphatic rings. The van der Waals surface area contributed by atoms with Gasteiger partial charge in [0.15, 0.2) is 0 Å². The van der Waals surface area contributed by atoms with E-state index >= 15 is 0 Å². The minimum absolute atomic E-state index is 0.0655. The van der Waals surface area contributed by atoms with Gasteiger partial charge < -0.3 is 11.1 Å². The van der Waals surface area contributed by atoms with E-state index in [1.807, 2.05) is 6.92 Å². The molecule has 4 nitrogen and oxygen atoms in total. The minimum atomic E-state index is -0.0773. The Bertz CT molecular complexity index is 171. The van der Waals surface area contributed by atoms with Gasteiger partial charge in [0.2, 0.25) is 5.91 Å². The van der Waals surface area contributed by atoms with Crippen LogP contribution in [0.3, 0.4) is 0 Å². The summed E-state index contributed by atoms with van der Waals surface area (Å²) < 4.78 is 0. The van der Waals surface area contributed by atoms with Crippen molar-refractivity contribution in [2.24, 2.45) is 5.73 Å². The normalized spacial score (nSPS) is 13.4. The van der Waals surface area contributed by atoms with Crippen LogP contribution in [0, 0.1) is 0 Å². The first-order valence-electron chi connectivity index (χ1n) is 5.22. The summed E-state index contributed by atoms with van der Waals surface area (Å²) in [4.78, 5) is 13.6. The smallest absolute Gasteiger partial charge is 0.236 e. The van der Waals surface area contributed by atoms with Crippen molar-refractivity contribution in [3.05, 3.63) is 0 Å². The second-order valence-electron chi connectivity index (χ2n) is 3.76. The van der Waals surface area contributed by atoms with Gasteiger partial charge in [-0.3, -0.25) is 9.69 Å². The van der Waals surface area contributed by atoms with Crippen molar-refractivity contribution < 1.29 is 4.79 Å². The molecule has 0 spiro atoms. The van der Waals surface area contributed by atoms with Crippen LogP contribution in [0.4, 0.5) is 0 Å². The topological polar surface area (TPSA) is 58.4 Å². The van der Waals surface area contributed by atoms with Crippen molar-refractivity contribution in [3.8, 4) is 0 Å². The van der Waals surface area contributed by atoms with Crippen LogP contribution in [0.2, 0.25) is 0 Å². The van der Waals surface area contributed by atoms with E-state index in [0.717, 1.165) is 13.0 Å². The standard InChI is InChI=1S/C10H23N3O/c1-8(2)13(7-5-6-11)9(3)10(14)12-4/h8-9H,5-7,11H2,1-4H3,(H,12,14). The molecule has 14 heavy (non-hydrogen) atoms. The number of carbonyl (C=O) groups is 1. The largest absolute Gasteiger partial charge is 0.358 e. The molecule has 0 aromatic rings. The Morgan fingerprint density at radius 1 is 1.43 bits per heavy atom. The molecular weight excluding hydrogens is 178 g/mol. The van der Waals surface area contributed by atoms with Gasteiger partial charge in [0.05, 0.1) is 6.04 Å².